The summed E-state index contributed by atoms with van der Waals surface area (Å²) in [6.45, 7) is 8.39. The summed E-state index contributed by atoms with van der Waals surface area (Å²) in [6.07, 6.45) is 9.19. The lowest BCUT2D eigenvalue weighted by Gasteiger charge is -2.56. The summed E-state index contributed by atoms with van der Waals surface area (Å²) in [6, 6.07) is 6.52. The summed E-state index contributed by atoms with van der Waals surface area (Å²) in [5.41, 5.74) is 4.23. The lowest BCUT2D eigenvalue weighted by atomic mass is 9.54. The van der Waals surface area contributed by atoms with Crippen LogP contribution in [0.1, 0.15) is 76.3 Å². The Labute approximate surface area is 186 Å². The molecule has 1 heterocycles. The van der Waals surface area contributed by atoms with Crippen molar-refractivity contribution >= 4 is 12.4 Å². The molecule has 0 bridgehead atoms. The maximum absolute atomic E-state index is 11.3. The van der Waals surface area contributed by atoms with Gasteiger partial charge in [0.1, 0.15) is 12.0 Å². The fourth-order valence-corrected chi connectivity index (χ4v) is 7.05. The molecular weight excluding hydrogens is 388 g/mol. The zero-order valence-electron chi connectivity index (χ0n) is 19.4. The smallest absolute Gasteiger partial charge is 0.173 e. The van der Waals surface area contributed by atoms with E-state index in [2.05, 4.69) is 45.0 Å². The van der Waals surface area contributed by atoms with Crippen LogP contribution in [0.25, 0.3) is 6.08 Å². The number of aldehydes is 1. The lowest BCUT2D eigenvalue weighted by Crippen LogP contribution is -2.58. The molecule has 5 rings (SSSR count). The summed E-state index contributed by atoms with van der Waals surface area (Å²) in [5.74, 6) is 1.92. The first kappa shape index (κ1) is 21.2. The van der Waals surface area contributed by atoms with Crippen molar-refractivity contribution in [1.29, 1.82) is 0 Å². The largest absolute Gasteiger partial charge is 0.497 e. The molecular formula is C27H36O4. The molecule has 4 heteroatoms. The van der Waals surface area contributed by atoms with Crippen LogP contribution in [-0.2, 0) is 14.3 Å². The van der Waals surface area contributed by atoms with Gasteiger partial charge in [0.2, 0.25) is 0 Å². The minimum atomic E-state index is -0.450. The molecule has 4 atom stereocenters. The molecule has 3 aliphatic carbocycles. The van der Waals surface area contributed by atoms with E-state index in [1.807, 2.05) is 0 Å². The average molecular weight is 425 g/mol. The topological polar surface area (TPSA) is 44.8 Å². The number of rotatable bonds is 4. The van der Waals surface area contributed by atoms with Gasteiger partial charge in [-0.3, -0.25) is 0 Å². The molecule has 0 unspecified atom stereocenters. The average Bonchev–Trinajstić information content (AvgIpc) is 3.05. The number of benzene rings is 1. The fourth-order valence-electron chi connectivity index (χ4n) is 7.05. The van der Waals surface area contributed by atoms with Gasteiger partial charge in [0.05, 0.1) is 20.3 Å². The van der Waals surface area contributed by atoms with Crippen molar-refractivity contribution in [2.45, 2.75) is 71.0 Å². The van der Waals surface area contributed by atoms with Gasteiger partial charge >= 0.3 is 0 Å². The predicted octanol–water partition coefficient (Wildman–Crippen LogP) is 5.75. The van der Waals surface area contributed by atoms with Gasteiger partial charge in [0, 0.05) is 23.7 Å². The zero-order valence-corrected chi connectivity index (χ0v) is 19.4. The van der Waals surface area contributed by atoms with Crippen LogP contribution in [0.3, 0.4) is 0 Å². The van der Waals surface area contributed by atoms with Crippen molar-refractivity contribution in [2.75, 3.05) is 20.3 Å². The molecule has 0 radical (unpaired) electrons. The first-order chi connectivity index (χ1) is 14.8. The van der Waals surface area contributed by atoms with Crippen LogP contribution in [0.5, 0.6) is 5.75 Å². The van der Waals surface area contributed by atoms with Crippen molar-refractivity contribution in [3.63, 3.8) is 0 Å². The molecule has 0 aromatic heterocycles. The van der Waals surface area contributed by atoms with Gasteiger partial charge in [-0.1, -0.05) is 38.5 Å². The Morgan fingerprint density at radius 2 is 1.90 bits per heavy atom. The first-order valence-corrected chi connectivity index (χ1v) is 11.9. The minimum Gasteiger partial charge on any atom is -0.497 e. The Balaban J connectivity index is 1.52. The highest BCUT2D eigenvalue weighted by molar-refractivity contribution is 5.65. The van der Waals surface area contributed by atoms with E-state index < -0.39 is 5.79 Å². The van der Waals surface area contributed by atoms with Crippen LogP contribution in [0.15, 0.2) is 23.8 Å². The number of hydrogen-bond donors (Lipinski definition) is 0. The summed E-state index contributed by atoms with van der Waals surface area (Å²) in [5, 5.41) is 0. The molecule has 4 aliphatic rings. The van der Waals surface area contributed by atoms with E-state index in [4.69, 9.17) is 14.2 Å². The third-order valence-corrected chi connectivity index (χ3v) is 8.72. The maximum Gasteiger partial charge on any atom is 0.173 e. The monoisotopic (exact) mass is 424 g/mol. The van der Waals surface area contributed by atoms with Crippen molar-refractivity contribution in [1.82, 2.24) is 0 Å². The molecule has 1 aliphatic heterocycles. The summed E-state index contributed by atoms with van der Waals surface area (Å²) in [4.78, 5) is 11.3. The second kappa shape index (κ2) is 7.45. The number of hydrogen-bond acceptors (Lipinski definition) is 4. The van der Waals surface area contributed by atoms with E-state index >= 15 is 0 Å². The number of carbonyl (C=O) groups excluding carboxylic acids is 1. The molecule has 0 amide bonds. The Morgan fingerprint density at radius 3 is 2.61 bits per heavy atom. The number of methoxy groups -OCH3 is 1. The van der Waals surface area contributed by atoms with Crippen LogP contribution in [0.2, 0.25) is 0 Å². The fraction of sp³-hybridized carbons (Fsp3) is 0.667. The Kier molecular flexibility index (Phi) is 5.10. The van der Waals surface area contributed by atoms with E-state index in [1.54, 1.807) is 7.11 Å². The Bertz CT molecular complexity index is 890. The van der Waals surface area contributed by atoms with E-state index in [0.717, 1.165) is 57.4 Å². The van der Waals surface area contributed by atoms with Crippen molar-refractivity contribution in [3.05, 3.63) is 34.9 Å². The summed E-state index contributed by atoms with van der Waals surface area (Å²) >= 11 is 0. The highest BCUT2D eigenvalue weighted by Gasteiger charge is 2.65. The molecule has 1 saturated heterocycles. The maximum atomic E-state index is 11.3. The molecule has 1 aromatic carbocycles. The van der Waals surface area contributed by atoms with E-state index in [1.165, 1.54) is 16.7 Å². The van der Waals surface area contributed by atoms with Gasteiger partial charge < -0.3 is 19.0 Å². The quantitative estimate of drug-likeness (QED) is 0.577. The normalized spacial score (nSPS) is 35.0. The van der Waals surface area contributed by atoms with Gasteiger partial charge in [-0.05, 0) is 66.7 Å². The Hall–Kier alpha value is -1.65. The molecule has 1 spiro atoms. The van der Waals surface area contributed by atoms with Gasteiger partial charge in [-0.2, -0.15) is 0 Å². The molecule has 2 saturated carbocycles. The summed E-state index contributed by atoms with van der Waals surface area (Å²) in [7, 11) is 1.72. The number of carbonyl (C=O) groups is 1. The third-order valence-electron chi connectivity index (χ3n) is 8.72. The van der Waals surface area contributed by atoms with Crippen LogP contribution in [0.4, 0.5) is 0 Å². The molecule has 31 heavy (non-hydrogen) atoms. The number of ether oxygens (including phenoxy) is 3. The highest BCUT2D eigenvalue weighted by atomic mass is 16.7. The van der Waals surface area contributed by atoms with Gasteiger partial charge in [-0.25, -0.2) is 0 Å². The van der Waals surface area contributed by atoms with Crippen LogP contribution in [0, 0.1) is 22.7 Å². The van der Waals surface area contributed by atoms with Crippen molar-refractivity contribution in [3.8, 4) is 5.75 Å². The van der Waals surface area contributed by atoms with Crippen LogP contribution in [-0.4, -0.2) is 32.4 Å². The number of fused-ring (bicyclic) bond motifs is 6. The second-order valence-electron chi connectivity index (χ2n) is 11.1. The standard InChI is InChI=1S/C27H36O4/c1-25(2)16-30-27(31-17-25)12-10-23-24-18(6-5-13-28)14-19-15-20(29-4)7-8-21(19)22(24)9-11-26(23,27)3/h7-8,13-15,22-24H,5-6,9-12,16-17H2,1-4H3/t22-,23+,24-,26+/m1/s1. The summed E-state index contributed by atoms with van der Waals surface area (Å²) < 4.78 is 18.7. The lowest BCUT2D eigenvalue weighted by molar-refractivity contribution is -0.344. The molecule has 3 fully saturated rings. The molecule has 168 valence electrons. The first-order valence-electron chi connectivity index (χ1n) is 11.9. The van der Waals surface area contributed by atoms with Gasteiger partial charge in [-0.15, -0.1) is 0 Å². The molecule has 0 N–H and O–H groups in total. The van der Waals surface area contributed by atoms with E-state index in [-0.39, 0.29) is 10.8 Å². The minimum absolute atomic E-state index is 0.00884. The predicted molar refractivity (Wildman–Crippen MR) is 121 cm³/mol. The van der Waals surface area contributed by atoms with Crippen molar-refractivity contribution in [2.24, 2.45) is 22.7 Å². The van der Waals surface area contributed by atoms with Crippen LogP contribution < -0.4 is 4.74 Å². The SMILES string of the molecule is COc1ccc2c(c1)C=C(CCC=O)[C@@H]1[C@@H]2CC[C@@]2(C)[C@H]1CCC21OCC(C)(C)CO1. The van der Waals surface area contributed by atoms with Gasteiger partial charge in [0.15, 0.2) is 5.79 Å². The third kappa shape index (κ3) is 3.21. The van der Waals surface area contributed by atoms with Crippen molar-refractivity contribution < 1.29 is 19.0 Å². The molecule has 4 nitrogen and oxygen atoms in total. The molecule has 1 aromatic rings. The van der Waals surface area contributed by atoms with E-state index in [9.17, 15) is 4.79 Å². The van der Waals surface area contributed by atoms with E-state index in [0.29, 0.717) is 24.2 Å². The number of allylic oxidation sites excluding steroid dienone is 1. The zero-order chi connectivity index (χ0) is 21.9. The second-order valence-corrected chi connectivity index (χ2v) is 11.1. The van der Waals surface area contributed by atoms with Crippen LogP contribution >= 0.6 is 0 Å². The Morgan fingerprint density at radius 1 is 1.13 bits per heavy atom. The van der Waals surface area contributed by atoms with Gasteiger partial charge in [0.25, 0.3) is 0 Å². The highest BCUT2D eigenvalue weighted by Crippen LogP contribution is 2.67.